The first-order chi connectivity index (χ1) is 15.9. The third-order valence-corrected chi connectivity index (χ3v) is 5.81. The molecule has 192 valence electrons. The Labute approximate surface area is 209 Å². The highest BCUT2D eigenvalue weighted by Gasteiger charge is 2.37. The van der Waals surface area contributed by atoms with Crippen molar-refractivity contribution in [2.24, 2.45) is 0 Å². The molecule has 0 spiro atoms. The van der Waals surface area contributed by atoms with Gasteiger partial charge in [0.05, 0.1) is 0 Å². The number of hydrogen-bond acceptors (Lipinski definition) is 5. The lowest BCUT2D eigenvalue weighted by Crippen LogP contribution is -2.55. The molecule has 2 N–H and O–H groups in total. The first-order valence-corrected chi connectivity index (χ1v) is 13.5. The van der Waals surface area contributed by atoms with Gasteiger partial charge in [0.25, 0.3) is 0 Å². The number of alkyl carbamates (subject to hydrolysis) is 1. The number of ether oxygens (including phenoxy) is 1. The van der Waals surface area contributed by atoms with Gasteiger partial charge in [-0.15, -0.1) is 0 Å². The van der Waals surface area contributed by atoms with Gasteiger partial charge in [0.2, 0.25) is 11.8 Å². The second kappa shape index (κ2) is 14.2. The second-order valence-corrected chi connectivity index (χ2v) is 10.8. The number of carbonyl (C=O) groups excluding carboxylic acids is 3. The summed E-state index contributed by atoms with van der Waals surface area (Å²) in [6.07, 6.45) is 3.52. The van der Waals surface area contributed by atoms with Crippen LogP contribution in [0.4, 0.5) is 4.79 Å². The number of hydrogen-bond donors (Lipinski definition) is 2. The van der Waals surface area contributed by atoms with Crippen molar-refractivity contribution in [2.75, 3.05) is 12.0 Å². The molecule has 3 atom stereocenters. The van der Waals surface area contributed by atoms with E-state index >= 15 is 0 Å². The zero-order valence-corrected chi connectivity index (χ0v) is 22.8. The van der Waals surface area contributed by atoms with Crippen LogP contribution in [0, 0.1) is 0 Å². The predicted octanol–water partition coefficient (Wildman–Crippen LogP) is 4.92. The number of thioether (sulfide) groups is 1. The van der Waals surface area contributed by atoms with Crippen LogP contribution in [-0.4, -0.2) is 58.5 Å². The Hall–Kier alpha value is -2.22. The van der Waals surface area contributed by atoms with Crippen molar-refractivity contribution in [1.82, 2.24) is 15.5 Å². The van der Waals surface area contributed by atoms with Crippen molar-refractivity contribution in [3.8, 4) is 0 Å². The van der Waals surface area contributed by atoms with E-state index in [9.17, 15) is 14.4 Å². The molecule has 1 aromatic rings. The maximum absolute atomic E-state index is 13.9. The average Bonchev–Trinajstić information content (AvgIpc) is 2.73. The summed E-state index contributed by atoms with van der Waals surface area (Å²) in [5.74, 6) is 0.144. The number of nitrogens with one attached hydrogen (secondary N) is 2. The zero-order chi connectivity index (χ0) is 25.9. The molecule has 0 fully saturated rings. The first-order valence-electron chi connectivity index (χ1n) is 12.1. The molecule has 1 aromatic carbocycles. The Morgan fingerprint density at radius 2 is 1.65 bits per heavy atom. The van der Waals surface area contributed by atoms with Crippen LogP contribution in [0.3, 0.4) is 0 Å². The Balaban J connectivity index is 3.35. The van der Waals surface area contributed by atoms with E-state index in [4.69, 9.17) is 4.74 Å². The molecule has 0 aliphatic carbocycles. The molecule has 0 saturated heterocycles. The fourth-order valence-electron chi connectivity index (χ4n) is 3.70. The van der Waals surface area contributed by atoms with Gasteiger partial charge in [-0.2, -0.15) is 11.8 Å². The highest BCUT2D eigenvalue weighted by molar-refractivity contribution is 7.98. The highest BCUT2D eigenvalue weighted by Crippen LogP contribution is 2.26. The third-order valence-electron chi connectivity index (χ3n) is 5.16. The fraction of sp³-hybridized carbons (Fsp3) is 0.654. The molecule has 0 aliphatic rings. The summed E-state index contributed by atoms with van der Waals surface area (Å²) in [5, 5.41) is 5.83. The van der Waals surface area contributed by atoms with Crippen molar-refractivity contribution in [3.05, 3.63) is 35.9 Å². The van der Waals surface area contributed by atoms with E-state index < -0.39 is 23.8 Å². The number of benzene rings is 1. The molecule has 1 rings (SSSR count). The summed E-state index contributed by atoms with van der Waals surface area (Å²) in [5.41, 5.74) is 0.0446. The van der Waals surface area contributed by atoms with Crippen molar-refractivity contribution in [1.29, 1.82) is 0 Å². The van der Waals surface area contributed by atoms with Gasteiger partial charge in [0.1, 0.15) is 17.7 Å². The van der Waals surface area contributed by atoms with Crippen LogP contribution in [0.25, 0.3) is 0 Å². The molecule has 0 aliphatic heterocycles. The minimum absolute atomic E-state index is 0.0139. The van der Waals surface area contributed by atoms with Crippen LogP contribution >= 0.6 is 11.8 Å². The summed E-state index contributed by atoms with van der Waals surface area (Å²) >= 11 is 1.59. The molecule has 0 aromatic heterocycles. The molecule has 7 nitrogen and oxygen atoms in total. The Morgan fingerprint density at radius 1 is 1.03 bits per heavy atom. The van der Waals surface area contributed by atoms with Crippen molar-refractivity contribution in [2.45, 2.75) is 97.5 Å². The molecular formula is C26H43N3O4S. The van der Waals surface area contributed by atoms with E-state index in [-0.39, 0.29) is 23.9 Å². The van der Waals surface area contributed by atoms with Crippen molar-refractivity contribution < 1.29 is 19.1 Å². The molecule has 0 saturated carbocycles. The topological polar surface area (TPSA) is 87.7 Å². The lowest BCUT2D eigenvalue weighted by molar-refractivity contribution is -0.144. The lowest BCUT2D eigenvalue weighted by atomic mass is 10.00. The molecule has 0 bridgehead atoms. The third kappa shape index (κ3) is 9.95. The van der Waals surface area contributed by atoms with E-state index in [1.54, 1.807) is 37.4 Å². The number of nitrogens with zero attached hydrogens (tertiary/aromatic N) is 1. The van der Waals surface area contributed by atoms with Gasteiger partial charge in [0.15, 0.2) is 0 Å². The summed E-state index contributed by atoms with van der Waals surface area (Å²) < 4.78 is 5.40. The zero-order valence-electron chi connectivity index (χ0n) is 22.0. The van der Waals surface area contributed by atoms with E-state index in [0.29, 0.717) is 12.2 Å². The van der Waals surface area contributed by atoms with Gasteiger partial charge in [0, 0.05) is 12.1 Å². The average molecular weight is 494 g/mol. The second-order valence-electron chi connectivity index (χ2n) is 9.83. The fourth-order valence-corrected chi connectivity index (χ4v) is 4.17. The Bertz CT molecular complexity index is 780. The highest BCUT2D eigenvalue weighted by atomic mass is 32.2. The summed E-state index contributed by atoms with van der Waals surface area (Å²) in [6.45, 7) is 13.1. The maximum atomic E-state index is 13.9. The molecule has 34 heavy (non-hydrogen) atoms. The predicted molar refractivity (Wildman–Crippen MR) is 140 cm³/mol. The van der Waals surface area contributed by atoms with Crippen molar-refractivity contribution in [3.63, 3.8) is 0 Å². The monoisotopic (exact) mass is 493 g/mol. The van der Waals surface area contributed by atoms with Crippen LogP contribution < -0.4 is 10.6 Å². The summed E-state index contributed by atoms with van der Waals surface area (Å²) in [7, 11) is 0. The van der Waals surface area contributed by atoms with Crippen LogP contribution in [-0.2, 0) is 14.3 Å². The first kappa shape index (κ1) is 29.8. The minimum Gasteiger partial charge on any atom is -0.444 e. The van der Waals surface area contributed by atoms with E-state index in [1.807, 2.05) is 57.4 Å². The largest absolute Gasteiger partial charge is 0.444 e. The molecule has 0 radical (unpaired) electrons. The van der Waals surface area contributed by atoms with Crippen LogP contribution in [0.1, 0.15) is 79.3 Å². The van der Waals surface area contributed by atoms with E-state index in [2.05, 4.69) is 17.6 Å². The quantitative estimate of drug-likeness (QED) is 0.432. The van der Waals surface area contributed by atoms with Gasteiger partial charge in [-0.05, 0) is 72.0 Å². The molecule has 8 heteroatoms. The van der Waals surface area contributed by atoms with Crippen LogP contribution in [0.2, 0.25) is 0 Å². The standard InChI is InChI=1S/C26H43N3O4S/c1-9-13-19(4)27-23(30)22(20-14-11-10-12-15-20)29(18(2)3)24(31)21(16-17-34-8)28-25(32)33-26(5,6)7/h10-12,14-15,18-19,21-22H,9,13,16-17H2,1-8H3,(H,27,30)(H,28,32). The summed E-state index contributed by atoms with van der Waals surface area (Å²) in [4.78, 5) is 41.5. The van der Waals surface area contributed by atoms with Crippen LogP contribution in [0.5, 0.6) is 0 Å². The number of rotatable bonds is 12. The SMILES string of the molecule is CCCC(C)NC(=O)C(c1ccccc1)N(C(=O)C(CCSC)NC(=O)OC(C)(C)C)C(C)C. The lowest BCUT2D eigenvalue weighted by Gasteiger charge is -2.37. The normalized spacial score (nSPS) is 14.1. The van der Waals surface area contributed by atoms with E-state index in [1.165, 1.54) is 0 Å². The van der Waals surface area contributed by atoms with Gasteiger partial charge in [-0.1, -0.05) is 43.7 Å². The van der Waals surface area contributed by atoms with E-state index in [0.717, 1.165) is 18.4 Å². The van der Waals surface area contributed by atoms with Gasteiger partial charge >= 0.3 is 6.09 Å². The molecule has 3 unspecified atom stereocenters. The van der Waals surface area contributed by atoms with Gasteiger partial charge in [-0.3, -0.25) is 9.59 Å². The number of carbonyl (C=O) groups is 3. The van der Waals surface area contributed by atoms with Gasteiger partial charge in [-0.25, -0.2) is 4.79 Å². The Kier molecular flexibility index (Phi) is 12.5. The van der Waals surface area contributed by atoms with Gasteiger partial charge < -0.3 is 20.3 Å². The maximum Gasteiger partial charge on any atom is 0.408 e. The van der Waals surface area contributed by atoms with Crippen molar-refractivity contribution >= 4 is 29.7 Å². The minimum atomic E-state index is -0.815. The summed E-state index contributed by atoms with van der Waals surface area (Å²) in [6, 6.07) is 7.40. The molecule has 0 heterocycles. The molecule has 3 amide bonds. The Morgan fingerprint density at radius 3 is 2.15 bits per heavy atom. The van der Waals surface area contributed by atoms with Crippen LogP contribution in [0.15, 0.2) is 30.3 Å². The smallest absolute Gasteiger partial charge is 0.408 e. The molecular weight excluding hydrogens is 450 g/mol. The number of amides is 3.